The number of para-hydroxylation sites is 2. The third-order valence-corrected chi connectivity index (χ3v) is 5.51. The molecule has 6 nitrogen and oxygen atoms in total. The molecule has 2 aromatic rings. The van der Waals surface area contributed by atoms with Crippen LogP contribution in [0, 0.1) is 5.92 Å². The van der Waals surface area contributed by atoms with Crippen LogP contribution in [0.25, 0.3) is 0 Å². The minimum atomic E-state index is -0.308. The summed E-state index contributed by atoms with van der Waals surface area (Å²) in [6.45, 7) is 8.86. The summed E-state index contributed by atoms with van der Waals surface area (Å²) in [7, 11) is 0. The molecular formula is C20H25N3O3S. The first-order valence-electron chi connectivity index (χ1n) is 9.07. The fourth-order valence-corrected chi connectivity index (χ4v) is 3.93. The average molecular weight is 388 g/mol. The Morgan fingerprint density at radius 1 is 1.37 bits per heavy atom. The number of hydrogen-bond acceptors (Lipinski definition) is 5. The molecule has 1 amide bonds. The molecule has 7 heteroatoms. The van der Waals surface area contributed by atoms with Crippen LogP contribution in [0.2, 0.25) is 0 Å². The first kappa shape index (κ1) is 19.5. The van der Waals surface area contributed by atoms with E-state index < -0.39 is 0 Å². The van der Waals surface area contributed by atoms with Crippen molar-refractivity contribution in [1.29, 1.82) is 0 Å². The standard InChI is InChI=1S/C20H25N3O3S/c1-5-26-15-9-7-6-8-14(15)21-18(25)13-11-23-17(24)10-16(20(2,3)4)22-19(23)27-12-13/h6-10,13H,5,11-12H2,1-4H3,(H,21,25)/t13-/m0/s1. The molecule has 144 valence electrons. The SMILES string of the molecule is CCOc1ccccc1NC(=O)[C@@H]1CSc2nc(C(C)(C)C)cc(=O)n2C1. The van der Waals surface area contributed by atoms with Crippen LogP contribution < -0.4 is 15.6 Å². The smallest absolute Gasteiger partial charge is 0.254 e. The van der Waals surface area contributed by atoms with Gasteiger partial charge in [-0.2, -0.15) is 0 Å². The van der Waals surface area contributed by atoms with Gasteiger partial charge in [0, 0.05) is 23.8 Å². The lowest BCUT2D eigenvalue weighted by molar-refractivity contribution is -0.119. The first-order valence-corrected chi connectivity index (χ1v) is 10.1. The van der Waals surface area contributed by atoms with Crippen LogP contribution in [0.4, 0.5) is 5.69 Å². The van der Waals surface area contributed by atoms with Gasteiger partial charge < -0.3 is 10.1 Å². The largest absolute Gasteiger partial charge is 0.492 e. The lowest BCUT2D eigenvalue weighted by Crippen LogP contribution is -2.37. The van der Waals surface area contributed by atoms with Crippen LogP contribution in [0.3, 0.4) is 0 Å². The van der Waals surface area contributed by atoms with Gasteiger partial charge in [-0.3, -0.25) is 14.2 Å². The first-order chi connectivity index (χ1) is 12.8. The second-order valence-electron chi connectivity index (χ2n) is 7.55. The predicted molar refractivity (Wildman–Crippen MR) is 108 cm³/mol. The molecule has 1 aromatic heterocycles. The Labute approximate surface area is 163 Å². The quantitative estimate of drug-likeness (QED) is 0.815. The Balaban J connectivity index is 1.78. The van der Waals surface area contributed by atoms with Crippen LogP contribution in [-0.4, -0.2) is 27.8 Å². The molecule has 0 fully saturated rings. The zero-order valence-corrected chi connectivity index (χ0v) is 16.9. The van der Waals surface area contributed by atoms with E-state index in [4.69, 9.17) is 4.74 Å². The molecule has 0 saturated carbocycles. The van der Waals surface area contributed by atoms with E-state index in [0.29, 0.717) is 35.5 Å². The zero-order valence-electron chi connectivity index (χ0n) is 16.1. The maximum Gasteiger partial charge on any atom is 0.254 e. The molecule has 0 saturated heterocycles. The number of nitrogens with zero attached hydrogens (tertiary/aromatic N) is 2. The lowest BCUT2D eigenvalue weighted by Gasteiger charge is -2.26. The van der Waals surface area contributed by atoms with Crippen LogP contribution in [-0.2, 0) is 16.8 Å². The van der Waals surface area contributed by atoms with E-state index in [9.17, 15) is 9.59 Å². The van der Waals surface area contributed by atoms with E-state index in [1.54, 1.807) is 10.6 Å². The van der Waals surface area contributed by atoms with Crippen molar-refractivity contribution in [2.45, 2.75) is 44.8 Å². The van der Waals surface area contributed by atoms with E-state index in [0.717, 1.165) is 5.69 Å². The van der Waals surface area contributed by atoms with E-state index >= 15 is 0 Å². The number of fused-ring (bicyclic) bond motifs is 1. The summed E-state index contributed by atoms with van der Waals surface area (Å²) >= 11 is 1.45. The highest BCUT2D eigenvalue weighted by Gasteiger charge is 2.29. The van der Waals surface area contributed by atoms with Crippen LogP contribution in [0.1, 0.15) is 33.4 Å². The normalized spacial score (nSPS) is 16.5. The number of rotatable bonds is 4. The predicted octanol–water partition coefficient (Wildman–Crippen LogP) is 3.30. The highest BCUT2D eigenvalue weighted by atomic mass is 32.2. The summed E-state index contributed by atoms with van der Waals surface area (Å²) in [5.74, 6) is 0.804. The summed E-state index contributed by atoms with van der Waals surface area (Å²) < 4.78 is 7.16. The van der Waals surface area contributed by atoms with Gasteiger partial charge >= 0.3 is 0 Å². The Hall–Kier alpha value is -2.28. The Morgan fingerprint density at radius 2 is 2.11 bits per heavy atom. The van der Waals surface area contributed by atoms with Gasteiger partial charge in [-0.1, -0.05) is 44.7 Å². The second-order valence-corrected chi connectivity index (χ2v) is 8.54. The topological polar surface area (TPSA) is 73.2 Å². The molecule has 0 radical (unpaired) electrons. The fourth-order valence-electron chi connectivity index (χ4n) is 2.84. The van der Waals surface area contributed by atoms with Gasteiger partial charge in [-0.05, 0) is 19.1 Å². The monoisotopic (exact) mass is 387 g/mol. The molecule has 0 aliphatic carbocycles. The molecule has 1 atom stereocenters. The lowest BCUT2D eigenvalue weighted by atomic mass is 9.92. The summed E-state index contributed by atoms with van der Waals surface area (Å²) in [5.41, 5.74) is 1.13. The Bertz CT molecular complexity index is 902. The van der Waals surface area contributed by atoms with Gasteiger partial charge in [0.05, 0.1) is 23.9 Å². The van der Waals surface area contributed by atoms with Crippen molar-refractivity contribution in [3.63, 3.8) is 0 Å². The van der Waals surface area contributed by atoms with Crippen LogP contribution in [0.5, 0.6) is 5.75 Å². The second kappa shape index (κ2) is 7.76. The van der Waals surface area contributed by atoms with Crippen LogP contribution >= 0.6 is 11.8 Å². The molecule has 1 aliphatic heterocycles. The maximum atomic E-state index is 12.8. The van der Waals surface area contributed by atoms with E-state index in [-0.39, 0.29) is 22.8 Å². The average Bonchev–Trinajstić information content (AvgIpc) is 2.62. The molecule has 0 bridgehead atoms. The Kier molecular flexibility index (Phi) is 5.60. The van der Waals surface area contributed by atoms with Crippen molar-refractivity contribution in [2.24, 2.45) is 5.92 Å². The van der Waals surface area contributed by atoms with Gasteiger partial charge in [-0.15, -0.1) is 0 Å². The number of carbonyl (C=O) groups is 1. The molecule has 0 unspecified atom stereocenters. The molecule has 1 aromatic carbocycles. The van der Waals surface area contributed by atoms with Gasteiger partial charge in [0.15, 0.2) is 5.16 Å². The fraction of sp³-hybridized carbons (Fsp3) is 0.450. The number of hydrogen-bond donors (Lipinski definition) is 1. The van der Waals surface area contributed by atoms with E-state index in [1.807, 2.05) is 52.0 Å². The minimum absolute atomic E-state index is 0.107. The number of anilines is 1. The number of aromatic nitrogens is 2. The summed E-state index contributed by atoms with van der Waals surface area (Å²) in [6.07, 6.45) is 0. The number of amides is 1. The van der Waals surface area contributed by atoms with Crippen molar-refractivity contribution < 1.29 is 9.53 Å². The summed E-state index contributed by atoms with van der Waals surface area (Å²) in [6, 6.07) is 8.94. The number of benzene rings is 1. The molecule has 0 spiro atoms. The van der Waals surface area contributed by atoms with Crippen molar-refractivity contribution in [3.05, 3.63) is 46.4 Å². The van der Waals surface area contributed by atoms with Gasteiger partial charge in [0.1, 0.15) is 5.75 Å². The Morgan fingerprint density at radius 3 is 2.81 bits per heavy atom. The maximum absolute atomic E-state index is 12.8. The molecule has 1 aliphatic rings. The van der Waals surface area contributed by atoms with Gasteiger partial charge in [-0.25, -0.2) is 4.98 Å². The molecule has 27 heavy (non-hydrogen) atoms. The minimum Gasteiger partial charge on any atom is -0.492 e. The molecule has 3 rings (SSSR count). The van der Waals surface area contributed by atoms with Crippen molar-refractivity contribution in [2.75, 3.05) is 17.7 Å². The number of thioether (sulfide) groups is 1. The molecular weight excluding hydrogens is 362 g/mol. The zero-order chi connectivity index (χ0) is 19.6. The van der Waals surface area contributed by atoms with Gasteiger partial charge in [0.2, 0.25) is 5.91 Å². The van der Waals surface area contributed by atoms with Crippen molar-refractivity contribution in [3.8, 4) is 5.75 Å². The highest BCUT2D eigenvalue weighted by molar-refractivity contribution is 7.99. The van der Waals surface area contributed by atoms with E-state index in [1.165, 1.54) is 11.8 Å². The van der Waals surface area contributed by atoms with E-state index in [2.05, 4.69) is 10.3 Å². The number of carbonyl (C=O) groups excluding carboxylic acids is 1. The molecule has 2 heterocycles. The number of nitrogens with one attached hydrogen (secondary N) is 1. The third kappa shape index (κ3) is 4.35. The number of ether oxygens (including phenoxy) is 1. The van der Waals surface area contributed by atoms with Crippen molar-refractivity contribution in [1.82, 2.24) is 9.55 Å². The highest BCUT2D eigenvalue weighted by Crippen LogP contribution is 2.30. The van der Waals surface area contributed by atoms with Gasteiger partial charge in [0.25, 0.3) is 5.56 Å². The summed E-state index contributed by atoms with van der Waals surface area (Å²) in [5, 5.41) is 3.62. The third-order valence-electron chi connectivity index (χ3n) is 4.37. The molecule has 1 N–H and O–H groups in total. The van der Waals surface area contributed by atoms with Crippen molar-refractivity contribution >= 4 is 23.4 Å². The van der Waals surface area contributed by atoms with Crippen LogP contribution in [0.15, 0.2) is 40.3 Å². The summed E-state index contributed by atoms with van der Waals surface area (Å²) in [4.78, 5) is 29.9.